The molecule has 8 nitrogen and oxygen atoms in total. The van der Waals surface area contributed by atoms with E-state index >= 15 is 0 Å². The zero-order valence-electron chi connectivity index (χ0n) is 20.2. The van der Waals surface area contributed by atoms with E-state index in [1.165, 1.54) is 38.3 Å². The van der Waals surface area contributed by atoms with Gasteiger partial charge in [0.15, 0.2) is 0 Å². The highest BCUT2D eigenvalue weighted by molar-refractivity contribution is 6.08. The molecule has 2 N–H and O–H groups in total. The van der Waals surface area contributed by atoms with Gasteiger partial charge in [0.05, 0.1) is 17.3 Å². The quantitative estimate of drug-likeness (QED) is 0.532. The second-order valence-corrected chi connectivity index (χ2v) is 9.36. The fraction of sp³-hybridized carbons (Fsp3) is 0.407. The highest BCUT2D eigenvalue weighted by Gasteiger charge is 2.25. The van der Waals surface area contributed by atoms with Gasteiger partial charge in [-0.05, 0) is 31.0 Å². The monoisotopic (exact) mass is 468 g/mol. The lowest BCUT2D eigenvalue weighted by atomic mass is 9.94. The normalized spacial score (nSPS) is 17.9. The molecule has 3 aromatic rings. The van der Waals surface area contributed by atoms with Gasteiger partial charge in [0, 0.05) is 86.3 Å². The Morgan fingerprint density at radius 3 is 2.60 bits per heavy atom. The second kappa shape index (κ2) is 10.3. The summed E-state index contributed by atoms with van der Waals surface area (Å²) in [5.74, 6) is 0.994. The molecule has 5 rings (SSSR count). The highest BCUT2D eigenvalue weighted by Crippen LogP contribution is 2.31. The average Bonchev–Trinajstić information content (AvgIpc) is 3.35. The van der Waals surface area contributed by atoms with E-state index in [1.807, 2.05) is 25.5 Å². The minimum Gasteiger partial charge on any atom is -0.393 e. The first-order valence-corrected chi connectivity index (χ1v) is 12.5. The molecule has 0 spiro atoms. The summed E-state index contributed by atoms with van der Waals surface area (Å²) < 4.78 is 1.72. The Hall–Kier alpha value is -3.70. The van der Waals surface area contributed by atoms with Crippen molar-refractivity contribution in [1.82, 2.24) is 24.8 Å². The number of rotatable bonds is 6. The van der Waals surface area contributed by atoms with Crippen LogP contribution in [0.25, 0.3) is 22.2 Å². The van der Waals surface area contributed by atoms with E-state index in [0.717, 1.165) is 65.8 Å². The molecule has 0 atom stereocenters. The minimum absolute atomic E-state index is 0.517. The standard InChI is InChI=1S/C27H32N8/c1-30-16-22(14-28)21-13-25(27-23(15-29)18-32-35(27)19-21)20-7-8-26(31-17-20)34-11-9-33(10-12-34)24-5-3-2-4-6-24/h7-8,13-14,16-19,24,28,30H,2-6,9-12H2,1H3/b22-16+,28-14?. The molecule has 1 aliphatic carbocycles. The van der Waals surface area contributed by atoms with Gasteiger partial charge < -0.3 is 15.6 Å². The van der Waals surface area contributed by atoms with Crippen molar-refractivity contribution in [2.75, 3.05) is 38.1 Å². The lowest BCUT2D eigenvalue weighted by Crippen LogP contribution is -2.51. The van der Waals surface area contributed by atoms with Crippen LogP contribution in [0.4, 0.5) is 5.82 Å². The van der Waals surface area contributed by atoms with Crippen LogP contribution >= 0.6 is 0 Å². The third-order valence-corrected chi connectivity index (χ3v) is 7.31. The Bertz CT molecular complexity index is 1250. The molecule has 8 heteroatoms. The number of aromatic nitrogens is 3. The van der Waals surface area contributed by atoms with E-state index in [9.17, 15) is 5.26 Å². The maximum Gasteiger partial charge on any atom is 0.128 e. The van der Waals surface area contributed by atoms with Crippen LogP contribution in [-0.4, -0.2) is 65.0 Å². The molecule has 1 saturated heterocycles. The Morgan fingerprint density at radius 1 is 1.14 bits per heavy atom. The van der Waals surface area contributed by atoms with Crippen molar-refractivity contribution in [3.8, 4) is 17.2 Å². The van der Waals surface area contributed by atoms with Gasteiger partial charge in [-0.15, -0.1) is 0 Å². The molecule has 1 aliphatic heterocycles. The van der Waals surface area contributed by atoms with Crippen LogP contribution in [0, 0.1) is 16.7 Å². The number of nitriles is 1. The molecule has 0 aromatic carbocycles. The van der Waals surface area contributed by atoms with Crippen LogP contribution in [0.15, 0.2) is 43.0 Å². The van der Waals surface area contributed by atoms with Gasteiger partial charge in [0.25, 0.3) is 0 Å². The summed E-state index contributed by atoms with van der Waals surface area (Å²) in [5, 5.41) is 24.8. The first-order valence-electron chi connectivity index (χ1n) is 12.5. The number of fused-ring (bicyclic) bond motifs is 1. The first kappa shape index (κ1) is 23.1. The molecule has 0 amide bonds. The van der Waals surface area contributed by atoms with Crippen molar-refractivity contribution in [3.05, 3.63) is 54.1 Å². The summed E-state index contributed by atoms with van der Waals surface area (Å²) in [4.78, 5) is 9.86. The van der Waals surface area contributed by atoms with E-state index in [1.54, 1.807) is 16.9 Å². The molecule has 1 saturated carbocycles. The first-order chi connectivity index (χ1) is 17.2. The maximum absolute atomic E-state index is 9.65. The van der Waals surface area contributed by atoms with Crippen molar-refractivity contribution in [2.24, 2.45) is 0 Å². The van der Waals surface area contributed by atoms with E-state index < -0.39 is 0 Å². The number of hydrogen-bond acceptors (Lipinski definition) is 7. The predicted octanol–water partition coefficient (Wildman–Crippen LogP) is 3.93. The Kier molecular flexibility index (Phi) is 6.77. The molecule has 3 aromatic heterocycles. The molecule has 4 heterocycles. The van der Waals surface area contributed by atoms with Crippen LogP contribution < -0.4 is 10.2 Å². The predicted molar refractivity (Wildman–Crippen MR) is 140 cm³/mol. The molecule has 35 heavy (non-hydrogen) atoms. The smallest absolute Gasteiger partial charge is 0.128 e. The van der Waals surface area contributed by atoms with Gasteiger partial charge in [0.1, 0.15) is 11.9 Å². The number of nitrogens with one attached hydrogen (secondary N) is 2. The number of piperazine rings is 1. The van der Waals surface area contributed by atoms with Crippen LogP contribution in [0.2, 0.25) is 0 Å². The number of pyridine rings is 2. The third-order valence-electron chi connectivity index (χ3n) is 7.31. The topological polar surface area (TPSA) is 96.3 Å². The lowest BCUT2D eigenvalue weighted by Gasteiger charge is -2.41. The molecule has 2 fully saturated rings. The molecule has 180 valence electrons. The summed E-state index contributed by atoms with van der Waals surface area (Å²) in [6.45, 7) is 4.20. The fourth-order valence-corrected chi connectivity index (χ4v) is 5.44. The third kappa shape index (κ3) is 4.64. The van der Waals surface area contributed by atoms with E-state index in [0.29, 0.717) is 5.56 Å². The number of allylic oxidation sites excluding steroid dienone is 1. The van der Waals surface area contributed by atoms with Gasteiger partial charge in [-0.1, -0.05) is 19.3 Å². The molecule has 0 bridgehead atoms. The van der Waals surface area contributed by atoms with Crippen molar-refractivity contribution >= 4 is 23.1 Å². The Labute approximate surface area is 206 Å². The van der Waals surface area contributed by atoms with Crippen LogP contribution in [0.1, 0.15) is 43.2 Å². The summed E-state index contributed by atoms with van der Waals surface area (Å²) in [6.07, 6.45) is 15.3. The summed E-state index contributed by atoms with van der Waals surface area (Å²) in [7, 11) is 1.81. The molecule has 0 unspecified atom stereocenters. The molecular weight excluding hydrogens is 436 g/mol. The second-order valence-electron chi connectivity index (χ2n) is 9.36. The van der Waals surface area contributed by atoms with Gasteiger partial charge in [-0.2, -0.15) is 10.4 Å². The van der Waals surface area contributed by atoms with E-state index in [4.69, 9.17) is 10.4 Å². The minimum atomic E-state index is 0.517. The average molecular weight is 469 g/mol. The summed E-state index contributed by atoms with van der Waals surface area (Å²) >= 11 is 0. The highest BCUT2D eigenvalue weighted by atomic mass is 15.3. The van der Waals surface area contributed by atoms with Crippen molar-refractivity contribution in [2.45, 2.75) is 38.1 Å². The zero-order chi connectivity index (χ0) is 24.2. The van der Waals surface area contributed by atoms with E-state index in [2.05, 4.69) is 38.4 Å². The van der Waals surface area contributed by atoms with Gasteiger partial charge in [0.2, 0.25) is 0 Å². The Balaban J connectivity index is 1.41. The van der Waals surface area contributed by atoms with Crippen LogP contribution in [-0.2, 0) is 0 Å². The summed E-state index contributed by atoms with van der Waals surface area (Å²) in [5.41, 5.74) is 4.63. The van der Waals surface area contributed by atoms with Crippen molar-refractivity contribution < 1.29 is 0 Å². The largest absolute Gasteiger partial charge is 0.393 e. The molecule has 0 radical (unpaired) electrons. The van der Waals surface area contributed by atoms with Crippen LogP contribution in [0.3, 0.4) is 0 Å². The maximum atomic E-state index is 9.65. The fourth-order valence-electron chi connectivity index (χ4n) is 5.44. The van der Waals surface area contributed by atoms with Gasteiger partial charge >= 0.3 is 0 Å². The SMILES string of the molecule is CN/C=C(\C=N)c1cc(-c2ccc(N3CCN(C4CCCCC4)CC3)nc2)c2c(C#N)cnn2c1. The lowest BCUT2D eigenvalue weighted by molar-refractivity contribution is 0.147. The number of nitrogens with zero attached hydrogens (tertiary/aromatic N) is 6. The van der Waals surface area contributed by atoms with Crippen molar-refractivity contribution in [3.63, 3.8) is 0 Å². The zero-order valence-corrected chi connectivity index (χ0v) is 20.2. The summed E-state index contributed by atoms with van der Waals surface area (Å²) in [6, 6.07) is 9.19. The number of anilines is 1. The molecule has 2 aliphatic rings. The van der Waals surface area contributed by atoms with E-state index in [-0.39, 0.29) is 0 Å². The van der Waals surface area contributed by atoms with Gasteiger partial charge in [-0.3, -0.25) is 4.90 Å². The Morgan fingerprint density at radius 2 is 1.94 bits per heavy atom. The van der Waals surface area contributed by atoms with Crippen LogP contribution in [0.5, 0.6) is 0 Å². The number of hydrogen-bond donors (Lipinski definition) is 2. The van der Waals surface area contributed by atoms with Gasteiger partial charge in [-0.25, -0.2) is 9.50 Å². The molecular formula is C27H32N8. The van der Waals surface area contributed by atoms with Crippen molar-refractivity contribution in [1.29, 1.82) is 10.7 Å².